The molecule has 4 amide bonds. The van der Waals surface area contributed by atoms with Crippen LogP contribution in [0.1, 0.15) is 20.3 Å². The fourth-order valence-electron chi connectivity index (χ4n) is 1.56. The van der Waals surface area contributed by atoms with Crippen molar-refractivity contribution in [1.82, 2.24) is 9.80 Å². The maximum Gasteiger partial charge on any atom is 0.325 e. The third-order valence-corrected chi connectivity index (χ3v) is 3.24. The zero-order chi connectivity index (χ0) is 21.1. The minimum Gasteiger partial charge on any atom is -0.468 e. The van der Waals surface area contributed by atoms with Gasteiger partial charge in [0.15, 0.2) is 5.78 Å². The van der Waals surface area contributed by atoms with Crippen LogP contribution in [0.4, 0.5) is 0 Å². The number of carbonyl (C=O) groups is 6. The van der Waals surface area contributed by atoms with E-state index in [1.807, 2.05) is 6.92 Å². The molecule has 27 heavy (non-hydrogen) atoms. The molecule has 2 rings (SSSR count). The molecule has 0 bridgehead atoms. The molecule has 146 valence electrons. The van der Waals surface area contributed by atoms with Crippen LogP contribution in [0.3, 0.4) is 0 Å². The molecule has 2 heterocycles. The Labute approximate surface area is 156 Å². The van der Waals surface area contributed by atoms with Gasteiger partial charge in [0.2, 0.25) is 0 Å². The number of ketones is 1. The first-order valence-electron chi connectivity index (χ1n) is 7.83. The van der Waals surface area contributed by atoms with E-state index in [0.29, 0.717) is 12.0 Å². The van der Waals surface area contributed by atoms with Crippen LogP contribution in [0, 0.1) is 0 Å². The topological polar surface area (TPSA) is 118 Å². The summed E-state index contributed by atoms with van der Waals surface area (Å²) in [6, 6.07) is 0. The van der Waals surface area contributed by atoms with Gasteiger partial charge < -0.3 is 4.74 Å². The highest BCUT2D eigenvalue weighted by atomic mass is 16.5. The Morgan fingerprint density at radius 1 is 0.963 bits per heavy atom. The third kappa shape index (κ3) is 8.04. The molecule has 0 radical (unpaired) electrons. The lowest BCUT2D eigenvalue weighted by atomic mass is 10.2. The number of imide groups is 2. The van der Waals surface area contributed by atoms with Crippen molar-refractivity contribution in [3.63, 3.8) is 0 Å². The third-order valence-electron chi connectivity index (χ3n) is 3.24. The van der Waals surface area contributed by atoms with Crippen molar-refractivity contribution in [3.8, 4) is 0 Å². The number of allylic oxidation sites excluding steroid dienone is 1. The van der Waals surface area contributed by atoms with Gasteiger partial charge in [0, 0.05) is 37.8 Å². The van der Waals surface area contributed by atoms with E-state index < -0.39 is 17.8 Å². The maximum absolute atomic E-state index is 10.8. The average Bonchev–Trinajstić information content (AvgIpc) is 3.11. The van der Waals surface area contributed by atoms with Crippen molar-refractivity contribution in [1.29, 1.82) is 0 Å². The summed E-state index contributed by atoms with van der Waals surface area (Å²) in [6.07, 6.45) is 5.32. The average molecular weight is 378 g/mol. The lowest BCUT2D eigenvalue weighted by molar-refractivity contribution is -0.149. The highest BCUT2D eigenvalue weighted by Gasteiger charge is 2.25. The van der Waals surface area contributed by atoms with Crippen molar-refractivity contribution in [2.24, 2.45) is 0 Å². The molecule has 0 aromatic rings. The molecule has 0 unspecified atom stereocenters. The van der Waals surface area contributed by atoms with Gasteiger partial charge in [0.1, 0.15) is 6.54 Å². The van der Waals surface area contributed by atoms with Gasteiger partial charge in [-0.1, -0.05) is 13.5 Å². The Balaban J connectivity index is 0.000000395. The first-order valence-corrected chi connectivity index (χ1v) is 7.83. The second kappa shape index (κ2) is 11.3. The van der Waals surface area contributed by atoms with Crippen LogP contribution in [-0.2, 0) is 33.5 Å². The number of hydrogen-bond donors (Lipinski definition) is 0. The zero-order valence-corrected chi connectivity index (χ0v) is 15.7. The standard InChI is InChI=1S/C7H7NO4.C6H10O.C5H5NO2/c1-12-7(11)4-8-5(9)2-3-6(8)10;1-4-6(7)5(2)3;1-6-4(7)2-3-5(6)8/h2-3H,4H2,1H3;2,4H2,1,3H3;2-3H,1H3. The Hall–Kier alpha value is -3.36. The van der Waals surface area contributed by atoms with Crippen molar-refractivity contribution >= 4 is 35.4 Å². The van der Waals surface area contributed by atoms with E-state index in [2.05, 4.69) is 11.3 Å². The minimum atomic E-state index is -0.611. The van der Waals surface area contributed by atoms with Gasteiger partial charge in [0.25, 0.3) is 23.6 Å². The lowest BCUT2D eigenvalue weighted by Gasteiger charge is -2.10. The number of esters is 1. The van der Waals surface area contributed by atoms with Gasteiger partial charge >= 0.3 is 5.97 Å². The molecule has 0 N–H and O–H groups in total. The van der Waals surface area contributed by atoms with Gasteiger partial charge in [-0.25, -0.2) is 0 Å². The first-order chi connectivity index (χ1) is 12.5. The number of methoxy groups -OCH3 is 1. The lowest BCUT2D eigenvalue weighted by Crippen LogP contribution is -2.35. The number of nitrogens with zero attached hydrogens (tertiary/aromatic N) is 2. The number of ether oxygens (including phenoxy) is 1. The predicted molar refractivity (Wildman–Crippen MR) is 94.9 cm³/mol. The van der Waals surface area contributed by atoms with Gasteiger partial charge in [-0.05, 0) is 12.5 Å². The van der Waals surface area contributed by atoms with Gasteiger partial charge in [0.05, 0.1) is 7.11 Å². The summed E-state index contributed by atoms with van der Waals surface area (Å²) in [4.78, 5) is 65.4. The molecule has 0 aromatic heterocycles. The van der Waals surface area contributed by atoms with E-state index in [-0.39, 0.29) is 24.1 Å². The summed E-state index contributed by atoms with van der Waals surface area (Å²) in [5.41, 5.74) is 0.655. The van der Waals surface area contributed by atoms with Crippen LogP contribution in [0.15, 0.2) is 36.5 Å². The van der Waals surface area contributed by atoms with E-state index in [1.165, 1.54) is 26.3 Å². The number of carbonyl (C=O) groups excluding carboxylic acids is 6. The Bertz CT molecular complexity index is 683. The molecule has 0 atom stereocenters. The fraction of sp³-hybridized carbons (Fsp3) is 0.333. The van der Waals surface area contributed by atoms with E-state index >= 15 is 0 Å². The van der Waals surface area contributed by atoms with Gasteiger partial charge in [-0.15, -0.1) is 0 Å². The summed E-state index contributed by atoms with van der Waals surface area (Å²) >= 11 is 0. The molecule has 0 saturated carbocycles. The van der Waals surface area contributed by atoms with E-state index in [0.717, 1.165) is 22.0 Å². The minimum absolute atomic E-state index is 0.153. The van der Waals surface area contributed by atoms with Crippen LogP contribution >= 0.6 is 0 Å². The Kier molecular flexibility index (Phi) is 9.89. The second-order valence-corrected chi connectivity index (χ2v) is 5.30. The molecule has 2 aliphatic heterocycles. The molecule has 2 aliphatic rings. The normalized spacial score (nSPS) is 14.5. The van der Waals surface area contributed by atoms with Gasteiger partial charge in [-0.2, -0.15) is 0 Å². The van der Waals surface area contributed by atoms with Crippen LogP contribution in [0.25, 0.3) is 0 Å². The monoisotopic (exact) mass is 378 g/mol. The summed E-state index contributed by atoms with van der Waals surface area (Å²) in [6.45, 7) is 6.72. The van der Waals surface area contributed by atoms with Crippen LogP contribution < -0.4 is 0 Å². The number of rotatable bonds is 4. The highest BCUT2D eigenvalue weighted by Crippen LogP contribution is 2.02. The largest absolute Gasteiger partial charge is 0.468 e. The van der Waals surface area contributed by atoms with Crippen LogP contribution in [0.2, 0.25) is 0 Å². The molecule has 9 heteroatoms. The van der Waals surface area contributed by atoms with Crippen molar-refractivity contribution in [3.05, 3.63) is 36.5 Å². The molecular formula is C18H22N2O7. The van der Waals surface area contributed by atoms with E-state index in [1.54, 1.807) is 6.92 Å². The molecule has 0 aliphatic carbocycles. The highest BCUT2D eigenvalue weighted by molar-refractivity contribution is 6.14. The van der Waals surface area contributed by atoms with E-state index in [4.69, 9.17) is 0 Å². The molecule has 9 nitrogen and oxygen atoms in total. The summed E-state index contributed by atoms with van der Waals surface area (Å²) in [5, 5.41) is 0. The number of likely N-dealkylation sites (N-methyl/N-ethyl adjacent to an activating group) is 1. The smallest absolute Gasteiger partial charge is 0.325 e. The van der Waals surface area contributed by atoms with Crippen LogP contribution in [0.5, 0.6) is 0 Å². The number of amides is 4. The zero-order valence-electron chi connectivity index (χ0n) is 15.7. The van der Waals surface area contributed by atoms with Crippen LogP contribution in [-0.4, -0.2) is 65.9 Å². The molecule has 0 spiro atoms. The van der Waals surface area contributed by atoms with Gasteiger partial charge in [-0.3, -0.25) is 38.6 Å². The summed E-state index contributed by atoms with van der Waals surface area (Å²) in [5.74, 6) is -1.90. The van der Waals surface area contributed by atoms with Crippen molar-refractivity contribution < 1.29 is 33.5 Å². The van der Waals surface area contributed by atoms with E-state index in [9.17, 15) is 28.8 Å². The van der Waals surface area contributed by atoms with Crippen molar-refractivity contribution in [2.45, 2.75) is 20.3 Å². The SMILES string of the molecule is C=C(C)C(=O)CC.CN1C(=O)C=CC1=O.COC(=O)CN1C(=O)C=CC1=O. The van der Waals surface area contributed by atoms with Crippen molar-refractivity contribution in [2.75, 3.05) is 20.7 Å². The maximum atomic E-state index is 10.8. The second-order valence-electron chi connectivity index (χ2n) is 5.30. The molecule has 0 fully saturated rings. The molecule has 0 aromatic carbocycles. The fourth-order valence-corrected chi connectivity index (χ4v) is 1.56. The Morgan fingerprint density at radius 3 is 1.59 bits per heavy atom. The number of hydrogen-bond acceptors (Lipinski definition) is 7. The Morgan fingerprint density at radius 2 is 1.37 bits per heavy atom. The molecular weight excluding hydrogens is 356 g/mol. The first kappa shape index (κ1) is 23.6. The summed E-state index contributed by atoms with van der Waals surface area (Å²) < 4.78 is 4.30. The predicted octanol–water partition coefficient (Wildman–Crippen LogP) is 0.167. The molecule has 0 saturated heterocycles. The number of Topliss-reactive ketones (excluding diaryl/α,β-unsaturated/α-hetero) is 1. The summed E-state index contributed by atoms with van der Waals surface area (Å²) in [7, 11) is 2.64. The quantitative estimate of drug-likeness (QED) is 0.389.